The van der Waals surface area contributed by atoms with E-state index in [4.69, 9.17) is 4.74 Å². The van der Waals surface area contributed by atoms with Gasteiger partial charge in [-0.2, -0.15) is 0 Å². The summed E-state index contributed by atoms with van der Waals surface area (Å²) >= 11 is 1.53. The standard InChI is InChI=1S/C20H23NO3S/c1-3-13-10-11-15-16(12-13)25-19(17(15)20(23)24-4-2)21-18(22)14-8-6-5-7-9-14/h5-9,13H,3-4,10-12H2,1-2H3,(H,21,22)/t13-/m1/s1. The van der Waals surface area contributed by atoms with Gasteiger partial charge >= 0.3 is 5.97 Å². The van der Waals surface area contributed by atoms with E-state index in [1.54, 1.807) is 19.1 Å². The SMILES string of the molecule is CCOC(=O)c1c(NC(=O)c2ccccc2)sc2c1CC[C@@H](CC)C2. The van der Waals surface area contributed by atoms with Gasteiger partial charge in [0.05, 0.1) is 12.2 Å². The van der Waals surface area contributed by atoms with Crippen LogP contribution in [0.25, 0.3) is 0 Å². The van der Waals surface area contributed by atoms with Crippen molar-refractivity contribution < 1.29 is 14.3 Å². The molecule has 0 spiro atoms. The first kappa shape index (κ1) is 17.7. The number of amides is 1. The fourth-order valence-corrected chi connectivity index (χ4v) is 4.62. The largest absolute Gasteiger partial charge is 0.462 e. The van der Waals surface area contributed by atoms with Crippen molar-refractivity contribution in [3.8, 4) is 0 Å². The second kappa shape index (κ2) is 7.83. The maximum atomic E-state index is 12.5. The maximum Gasteiger partial charge on any atom is 0.341 e. The Bertz CT molecular complexity index is 767. The zero-order valence-electron chi connectivity index (χ0n) is 14.6. The highest BCUT2D eigenvalue weighted by atomic mass is 32.1. The van der Waals surface area contributed by atoms with Crippen LogP contribution in [-0.4, -0.2) is 18.5 Å². The number of carbonyl (C=O) groups excluding carboxylic acids is 2. The highest BCUT2D eigenvalue weighted by molar-refractivity contribution is 7.17. The molecule has 25 heavy (non-hydrogen) atoms. The Morgan fingerprint density at radius 3 is 2.68 bits per heavy atom. The van der Waals surface area contributed by atoms with E-state index in [0.717, 1.165) is 31.2 Å². The molecule has 1 aliphatic carbocycles. The lowest BCUT2D eigenvalue weighted by Gasteiger charge is -2.20. The van der Waals surface area contributed by atoms with Crippen LogP contribution in [0.3, 0.4) is 0 Å². The minimum absolute atomic E-state index is 0.197. The van der Waals surface area contributed by atoms with E-state index in [9.17, 15) is 9.59 Å². The Morgan fingerprint density at radius 1 is 1.24 bits per heavy atom. The van der Waals surface area contributed by atoms with Crippen LogP contribution in [0.1, 0.15) is 57.8 Å². The van der Waals surface area contributed by atoms with Gasteiger partial charge in [0.25, 0.3) is 5.91 Å². The van der Waals surface area contributed by atoms with E-state index in [1.807, 2.05) is 18.2 Å². The van der Waals surface area contributed by atoms with E-state index in [-0.39, 0.29) is 11.9 Å². The Labute approximate surface area is 152 Å². The molecule has 0 saturated heterocycles. The third-order valence-corrected chi connectivity index (χ3v) is 5.86. The van der Waals surface area contributed by atoms with E-state index in [1.165, 1.54) is 16.2 Å². The Morgan fingerprint density at radius 2 is 2.00 bits per heavy atom. The molecule has 1 heterocycles. The zero-order valence-corrected chi connectivity index (χ0v) is 15.4. The van der Waals surface area contributed by atoms with Gasteiger partial charge in [-0.25, -0.2) is 4.79 Å². The van der Waals surface area contributed by atoms with Crippen LogP contribution < -0.4 is 5.32 Å². The number of nitrogens with one attached hydrogen (secondary N) is 1. The molecular weight excluding hydrogens is 334 g/mol. The van der Waals surface area contributed by atoms with Gasteiger partial charge in [-0.05, 0) is 49.8 Å². The Kier molecular flexibility index (Phi) is 5.53. The minimum atomic E-state index is -0.335. The van der Waals surface area contributed by atoms with Crippen LogP contribution in [-0.2, 0) is 17.6 Å². The number of benzene rings is 1. The fourth-order valence-electron chi connectivity index (χ4n) is 3.27. The lowest BCUT2D eigenvalue weighted by atomic mass is 9.85. The van der Waals surface area contributed by atoms with Gasteiger partial charge in [0.1, 0.15) is 5.00 Å². The third-order valence-electron chi connectivity index (χ3n) is 4.69. The second-order valence-electron chi connectivity index (χ2n) is 6.27. The van der Waals surface area contributed by atoms with Gasteiger partial charge in [0.15, 0.2) is 0 Å². The molecule has 0 fully saturated rings. The fraction of sp³-hybridized carbons (Fsp3) is 0.400. The van der Waals surface area contributed by atoms with Crippen molar-refractivity contribution in [1.82, 2.24) is 0 Å². The van der Waals surface area contributed by atoms with Crippen LogP contribution in [0.15, 0.2) is 30.3 Å². The van der Waals surface area contributed by atoms with Gasteiger partial charge in [-0.3, -0.25) is 4.79 Å². The number of fused-ring (bicyclic) bond motifs is 1. The summed E-state index contributed by atoms with van der Waals surface area (Å²) in [6.07, 6.45) is 4.07. The highest BCUT2D eigenvalue weighted by Gasteiger charge is 2.29. The van der Waals surface area contributed by atoms with E-state index < -0.39 is 0 Å². The summed E-state index contributed by atoms with van der Waals surface area (Å²) in [5.41, 5.74) is 2.20. The lowest BCUT2D eigenvalue weighted by Crippen LogP contribution is -2.17. The van der Waals surface area contributed by atoms with Crippen molar-refractivity contribution in [3.63, 3.8) is 0 Å². The molecule has 1 aromatic carbocycles. The van der Waals surface area contributed by atoms with E-state index in [2.05, 4.69) is 12.2 Å². The lowest BCUT2D eigenvalue weighted by molar-refractivity contribution is 0.0526. The molecule has 0 radical (unpaired) electrons. The summed E-state index contributed by atoms with van der Waals surface area (Å²) in [5, 5.41) is 3.55. The number of thiophene rings is 1. The van der Waals surface area contributed by atoms with Gasteiger partial charge in [0.2, 0.25) is 0 Å². The molecule has 1 amide bonds. The summed E-state index contributed by atoms with van der Waals surface area (Å²) in [6.45, 7) is 4.33. The number of carbonyl (C=O) groups is 2. The monoisotopic (exact) mass is 357 g/mol. The summed E-state index contributed by atoms with van der Waals surface area (Å²) in [7, 11) is 0. The Hall–Kier alpha value is -2.14. The van der Waals surface area contributed by atoms with Crippen molar-refractivity contribution in [2.45, 2.75) is 39.5 Å². The molecule has 4 nitrogen and oxygen atoms in total. The second-order valence-corrected chi connectivity index (χ2v) is 7.37. The summed E-state index contributed by atoms with van der Waals surface area (Å²) < 4.78 is 5.25. The minimum Gasteiger partial charge on any atom is -0.462 e. The van der Waals surface area contributed by atoms with E-state index in [0.29, 0.717) is 28.7 Å². The molecule has 0 unspecified atom stereocenters. The molecule has 1 atom stereocenters. The van der Waals surface area contributed by atoms with Crippen molar-refractivity contribution in [2.24, 2.45) is 5.92 Å². The van der Waals surface area contributed by atoms with Crippen LogP contribution >= 0.6 is 11.3 Å². The molecule has 0 aliphatic heterocycles. The molecule has 3 rings (SSSR count). The summed E-state index contributed by atoms with van der Waals surface area (Å²) in [5.74, 6) is 0.119. The van der Waals surface area contributed by atoms with Gasteiger partial charge in [-0.1, -0.05) is 31.5 Å². The predicted molar refractivity (Wildman–Crippen MR) is 100 cm³/mol. The number of hydrogen-bond donors (Lipinski definition) is 1. The third kappa shape index (κ3) is 3.76. The first-order chi connectivity index (χ1) is 12.1. The molecule has 2 aromatic rings. The molecule has 0 saturated carbocycles. The van der Waals surface area contributed by atoms with E-state index >= 15 is 0 Å². The zero-order chi connectivity index (χ0) is 17.8. The van der Waals surface area contributed by atoms with Crippen LogP contribution in [0.2, 0.25) is 0 Å². The van der Waals surface area contributed by atoms with Crippen LogP contribution in [0, 0.1) is 5.92 Å². The smallest absolute Gasteiger partial charge is 0.341 e. The number of rotatable bonds is 5. The first-order valence-electron chi connectivity index (χ1n) is 8.82. The molecule has 1 N–H and O–H groups in total. The predicted octanol–water partition coefficient (Wildman–Crippen LogP) is 4.69. The number of hydrogen-bond acceptors (Lipinski definition) is 4. The molecule has 132 valence electrons. The Balaban J connectivity index is 1.93. The van der Waals surface area contributed by atoms with Gasteiger partial charge in [-0.15, -0.1) is 11.3 Å². The molecular formula is C20H23NO3S. The molecule has 5 heteroatoms. The van der Waals surface area contributed by atoms with Crippen molar-refractivity contribution in [1.29, 1.82) is 0 Å². The molecule has 1 aliphatic rings. The quantitative estimate of drug-likeness (QED) is 0.790. The van der Waals surface area contributed by atoms with Crippen molar-refractivity contribution >= 4 is 28.2 Å². The molecule has 0 bridgehead atoms. The first-order valence-corrected chi connectivity index (χ1v) is 9.63. The average Bonchev–Trinajstić information content (AvgIpc) is 2.99. The molecule has 1 aromatic heterocycles. The highest BCUT2D eigenvalue weighted by Crippen LogP contribution is 2.41. The normalized spacial score (nSPS) is 16.2. The number of ether oxygens (including phenoxy) is 1. The van der Waals surface area contributed by atoms with Gasteiger partial charge < -0.3 is 10.1 Å². The summed E-state index contributed by atoms with van der Waals surface area (Å²) in [4.78, 5) is 26.2. The van der Waals surface area contributed by atoms with Crippen molar-refractivity contribution in [3.05, 3.63) is 51.9 Å². The number of esters is 1. The van der Waals surface area contributed by atoms with Crippen LogP contribution in [0.4, 0.5) is 5.00 Å². The maximum absolute atomic E-state index is 12.5. The van der Waals surface area contributed by atoms with Crippen molar-refractivity contribution in [2.75, 3.05) is 11.9 Å². The number of anilines is 1. The average molecular weight is 357 g/mol. The topological polar surface area (TPSA) is 55.4 Å². The van der Waals surface area contributed by atoms with Crippen LogP contribution in [0.5, 0.6) is 0 Å². The van der Waals surface area contributed by atoms with Gasteiger partial charge in [0, 0.05) is 10.4 Å². The summed E-state index contributed by atoms with van der Waals surface area (Å²) in [6, 6.07) is 9.05.